The molecular formula is C26H29F2N7O2. The monoisotopic (exact) mass is 509 g/mol. The summed E-state index contributed by atoms with van der Waals surface area (Å²) in [6.07, 6.45) is 10.7. The molecule has 0 unspecified atom stereocenters. The molecule has 3 N–H and O–H groups in total. The zero-order valence-electron chi connectivity index (χ0n) is 20.5. The average molecular weight is 510 g/mol. The van der Waals surface area contributed by atoms with Gasteiger partial charge in [0.15, 0.2) is 0 Å². The first-order chi connectivity index (χ1) is 17.9. The summed E-state index contributed by atoms with van der Waals surface area (Å²) in [5, 5.41) is 11.2. The Balaban J connectivity index is 1.19. The van der Waals surface area contributed by atoms with Crippen LogP contribution in [0.5, 0.6) is 0 Å². The third-order valence-corrected chi connectivity index (χ3v) is 7.34. The fourth-order valence-electron chi connectivity index (χ4n) is 5.36. The lowest BCUT2D eigenvalue weighted by atomic mass is 9.88. The molecule has 0 atom stereocenters. The molecule has 0 aliphatic heterocycles. The molecule has 0 bridgehead atoms. The summed E-state index contributed by atoms with van der Waals surface area (Å²) < 4.78 is 33.7. The first kappa shape index (κ1) is 23.8. The van der Waals surface area contributed by atoms with Crippen LogP contribution in [0.4, 0.5) is 14.7 Å². The predicted octanol–water partition coefficient (Wildman–Crippen LogP) is 4.56. The van der Waals surface area contributed by atoms with Crippen molar-refractivity contribution in [2.45, 2.75) is 69.6 Å². The number of hydrogen-bond acceptors (Lipinski definition) is 6. The normalized spacial score (nSPS) is 21.7. The first-order valence-corrected chi connectivity index (χ1v) is 12.8. The van der Waals surface area contributed by atoms with Crippen LogP contribution < -0.4 is 10.6 Å². The Morgan fingerprint density at radius 2 is 2.03 bits per heavy atom. The molecule has 2 aliphatic rings. The molecule has 2 fully saturated rings. The van der Waals surface area contributed by atoms with Gasteiger partial charge in [0.05, 0.1) is 23.4 Å². The number of hydrogen-bond donors (Lipinski definition) is 3. The van der Waals surface area contributed by atoms with Crippen molar-refractivity contribution in [1.29, 1.82) is 0 Å². The predicted molar refractivity (Wildman–Crippen MR) is 135 cm³/mol. The Kier molecular flexibility index (Phi) is 6.02. The minimum Gasteiger partial charge on any atom is -0.379 e. The fourth-order valence-corrected chi connectivity index (χ4v) is 5.36. The Morgan fingerprint density at radius 1 is 1.22 bits per heavy atom. The molecule has 4 aromatic heterocycles. The maximum absolute atomic E-state index is 13.2. The number of carbonyl (C=O) groups excluding carboxylic acids is 1. The van der Waals surface area contributed by atoms with Crippen LogP contribution in [0.15, 0.2) is 36.9 Å². The van der Waals surface area contributed by atoms with Crippen LogP contribution in [0.2, 0.25) is 0 Å². The molecular weight excluding hydrogens is 480 g/mol. The van der Waals surface area contributed by atoms with Crippen LogP contribution in [-0.2, 0) is 4.74 Å². The standard InChI is InChI=1S/C26H29F2N7O2/c1-2-37-18-5-3-16(4-6-18)33-25-30-13-20-19(12-29-23(20)34-25)15-7-8-35-22(9-15)21(14-31-35)24(36)32-17-10-26(27,28)11-17/h7-9,12-14,16-18H,2-6,10-11H2,1H3,(H,32,36)(H2,29,30,33,34). The fraction of sp³-hybridized carbons (Fsp3) is 0.462. The summed E-state index contributed by atoms with van der Waals surface area (Å²) >= 11 is 0. The Labute approximate surface area is 212 Å². The number of nitrogens with one attached hydrogen (secondary N) is 3. The topological polar surface area (TPSA) is 109 Å². The van der Waals surface area contributed by atoms with Gasteiger partial charge in [-0.25, -0.2) is 18.3 Å². The third kappa shape index (κ3) is 4.75. The van der Waals surface area contributed by atoms with Crippen molar-refractivity contribution < 1.29 is 18.3 Å². The lowest BCUT2D eigenvalue weighted by Gasteiger charge is -2.35. The second kappa shape index (κ2) is 9.37. The van der Waals surface area contributed by atoms with E-state index in [1.807, 2.05) is 25.3 Å². The van der Waals surface area contributed by atoms with Crippen molar-refractivity contribution in [1.82, 2.24) is 29.9 Å². The van der Waals surface area contributed by atoms with Crippen molar-refractivity contribution in [2.24, 2.45) is 0 Å². The number of nitrogens with zero attached hydrogens (tertiary/aromatic N) is 4. The summed E-state index contributed by atoms with van der Waals surface area (Å²) in [6, 6.07) is 3.57. The van der Waals surface area contributed by atoms with Crippen LogP contribution in [-0.4, -0.2) is 61.2 Å². The molecule has 194 valence electrons. The number of ether oxygens (including phenoxy) is 1. The van der Waals surface area contributed by atoms with Crippen LogP contribution in [0.25, 0.3) is 27.7 Å². The van der Waals surface area contributed by atoms with Gasteiger partial charge < -0.3 is 20.4 Å². The van der Waals surface area contributed by atoms with E-state index < -0.39 is 17.9 Å². The molecule has 0 radical (unpaired) electrons. The minimum atomic E-state index is -2.69. The lowest BCUT2D eigenvalue weighted by molar-refractivity contribution is -0.0901. The number of carbonyl (C=O) groups is 1. The quantitative estimate of drug-likeness (QED) is 0.337. The minimum absolute atomic E-state index is 0.323. The number of alkyl halides is 2. The number of rotatable bonds is 7. The van der Waals surface area contributed by atoms with Crippen molar-refractivity contribution >= 4 is 28.4 Å². The van der Waals surface area contributed by atoms with E-state index in [1.165, 1.54) is 6.20 Å². The van der Waals surface area contributed by atoms with Crippen molar-refractivity contribution in [3.63, 3.8) is 0 Å². The van der Waals surface area contributed by atoms with Crippen molar-refractivity contribution in [3.05, 3.63) is 42.5 Å². The molecule has 2 aliphatic carbocycles. The Morgan fingerprint density at radius 3 is 2.78 bits per heavy atom. The summed E-state index contributed by atoms with van der Waals surface area (Å²) in [6.45, 7) is 2.78. The van der Waals surface area contributed by atoms with Crippen molar-refractivity contribution in [3.8, 4) is 11.1 Å². The number of amides is 1. The largest absolute Gasteiger partial charge is 0.379 e. The highest BCUT2D eigenvalue weighted by atomic mass is 19.3. The van der Waals surface area contributed by atoms with Gasteiger partial charge in [-0.15, -0.1) is 0 Å². The third-order valence-electron chi connectivity index (χ3n) is 7.34. The molecule has 11 heteroatoms. The molecule has 37 heavy (non-hydrogen) atoms. The highest BCUT2D eigenvalue weighted by Crippen LogP contribution is 2.37. The molecule has 9 nitrogen and oxygen atoms in total. The van der Waals surface area contributed by atoms with Gasteiger partial charge >= 0.3 is 0 Å². The van der Waals surface area contributed by atoms with Gasteiger partial charge in [0.25, 0.3) is 11.8 Å². The summed E-state index contributed by atoms with van der Waals surface area (Å²) in [5.41, 5.74) is 3.42. The molecule has 0 saturated heterocycles. The highest BCUT2D eigenvalue weighted by Gasteiger charge is 2.46. The zero-order valence-corrected chi connectivity index (χ0v) is 20.5. The van der Waals surface area contributed by atoms with Gasteiger partial charge in [-0.05, 0) is 50.3 Å². The molecule has 1 amide bonds. The molecule has 4 aromatic rings. The lowest BCUT2D eigenvalue weighted by Crippen LogP contribution is -2.50. The van der Waals surface area contributed by atoms with Crippen LogP contribution >= 0.6 is 0 Å². The molecule has 6 rings (SSSR count). The van der Waals surface area contributed by atoms with Crippen LogP contribution in [0.1, 0.15) is 55.8 Å². The highest BCUT2D eigenvalue weighted by molar-refractivity contribution is 6.02. The van der Waals surface area contributed by atoms with Gasteiger partial charge in [-0.2, -0.15) is 10.1 Å². The van der Waals surface area contributed by atoms with E-state index >= 15 is 0 Å². The summed E-state index contributed by atoms with van der Waals surface area (Å²) in [4.78, 5) is 25.2. The van der Waals surface area contributed by atoms with E-state index in [1.54, 1.807) is 16.9 Å². The number of fused-ring (bicyclic) bond motifs is 2. The number of aromatic nitrogens is 5. The molecule has 0 aromatic carbocycles. The van der Waals surface area contributed by atoms with Crippen LogP contribution in [0, 0.1) is 0 Å². The second-order valence-electron chi connectivity index (χ2n) is 9.97. The van der Waals surface area contributed by atoms with E-state index in [2.05, 4.69) is 30.7 Å². The van der Waals surface area contributed by atoms with Crippen molar-refractivity contribution in [2.75, 3.05) is 11.9 Å². The Hall–Kier alpha value is -3.60. The molecule has 2 saturated carbocycles. The smallest absolute Gasteiger partial charge is 0.255 e. The number of aromatic amines is 1. The van der Waals surface area contributed by atoms with Crippen LogP contribution in [0.3, 0.4) is 0 Å². The van der Waals surface area contributed by atoms with E-state index in [0.29, 0.717) is 34.8 Å². The second-order valence-corrected chi connectivity index (χ2v) is 9.97. The SMILES string of the molecule is CCOC1CCC(Nc2ncc3c(-c4ccn5ncc(C(=O)NC6CC(F)(F)C6)c5c4)c[nH]c3n2)CC1. The number of pyridine rings is 1. The maximum atomic E-state index is 13.2. The van der Waals surface area contributed by atoms with E-state index in [9.17, 15) is 13.6 Å². The van der Waals surface area contributed by atoms with Gasteiger partial charge in [0.2, 0.25) is 5.95 Å². The first-order valence-electron chi connectivity index (χ1n) is 12.8. The summed E-state index contributed by atoms with van der Waals surface area (Å²) in [5.74, 6) is -2.50. The number of halogens is 2. The van der Waals surface area contributed by atoms with E-state index in [0.717, 1.165) is 48.8 Å². The van der Waals surface area contributed by atoms with Gasteiger partial charge in [-0.1, -0.05) is 0 Å². The van der Waals surface area contributed by atoms with E-state index in [4.69, 9.17) is 4.74 Å². The maximum Gasteiger partial charge on any atom is 0.255 e. The van der Waals surface area contributed by atoms with Gasteiger partial charge in [0.1, 0.15) is 5.65 Å². The Bertz CT molecular complexity index is 1430. The van der Waals surface area contributed by atoms with Gasteiger partial charge in [0, 0.05) is 61.1 Å². The average Bonchev–Trinajstić information content (AvgIpc) is 3.48. The summed E-state index contributed by atoms with van der Waals surface area (Å²) in [7, 11) is 0. The zero-order chi connectivity index (χ0) is 25.6. The molecule has 4 heterocycles. The molecule has 0 spiro atoms. The number of anilines is 1. The number of H-pyrrole nitrogens is 1. The van der Waals surface area contributed by atoms with E-state index in [-0.39, 0.29) is 12.8 Å². The van der Waals surface area contributed by atoms with Gasteiger partial charge in [-0.3, -0.25) is 4.79 Å².